The molecule has 0 bridgehead atoms. The molecule has 0 amide bonds. The summed E-state index contributed by atoms with van der Waals surface area (Å²) in [4.78, 5) is 0. The minimum absolute atomic E-state index is 0.836. The summed E-state index contributed by atoms with van der Waals surface area (Å²) in [6.45, 7) is 9.15. The Hall–Kier alpha value is 0.310. The van der Waals surface area contributed by atoms with Crippen LogP contribution in [0.2, 0.25) is 0 Å². The first kappa shape index (κ1) is 12.3. The molecule has 0 aromatic carbocycles. The summed E-state index contributed by atoms with van der Waals surface area (Å²) in [7, 11) is 0. The molecule has 0 saturated heterocycles. The number of hydrogen-bond donors (Lipinski definition) is 1. The van der Waals surface area contributed by atoms with E-state index in [-0.39, 0.29) is 0 Å². The van der Waals surface area contributed by atoms with Crippen LogP contribution in [0.25, 0.3) is 0 Å². The number of thioether (sulfide) groups is 1. The molecule has 0 spiro atoms. The van der Waals surface area contributed by atoms with Crippen molar-refractivity contribution in [1.82, 2.24) is 5.32 Å². The van der Waals surface area contributed by atoms with Crippen LogP contribution in [-0.4, -0.2) is 24.6 Å². The number of rotatable bonds is 8. The van der Waals surface area contributed by atoms with Crippen LogP contribution in [0.15, 0.2) is 0 Å². The van der Waals surface area contributed by atoms with Gasteiger partial charge < -0.3 is 5.32 Å². The van der Waals surface area contributed by atoms with Gasteiger partial charge in [-0.25, -0.2) is 0 Å². The predicted octanol–water partition coefficient (Wildman–Crippen LogP) is 2.77. The molecular formula is C10H23NS. The fourth-order valence-electron chi connectivity index (χ4n) is 0.959. The summed E-state index contributed by atoms with van der Waals surface area (Å²) in [5.41, 5.74) is 0. The van der Waals surface area contributed by atoms with Gasteiger partial charge in [0, 0.05) is 0 Å². The molecule has 0 saturated carbocycles. The molecule has 74 valence electrons. The van der Waals surface area contributed by atoms with Crippen LogP contribution >= 0.6 is 11.8 Å². The molecule has 1 nitrogen and oxygen atoms in total. The lowest BCUT2D eigenvalue weighted by Crippen LogP contribution is -2.18. The van der Waals surface area contributed by atoms with Crippen molar-refractivity contribution in [1.29, 1.82) is 0 Å². The Labute approximate surface area is 81.7 Å². The monoisotopic (exact) mass is 189 g/mol. The van der Waals surface area contributed by atoms with Crippen LogP contribution in [-0.2, 0) is 0 Å². The number of nitrogens with one attached hydrogen (secondary N) is 1. The van der Waals surface area contributed by atoms with Gasteiger partial charge >= 0.3 is 0 Å². The summed E-state index contributed by atoms with van der Waals surface area (Å²) in [6.07, 6.45) is 2.62. The summed E-state index contributed by atoms with van der Waals surface area (Å²) >= 11 is 2.03. The van der Waals surface area contributed by atoms with Gasteiger partial charge in [0.25, 0.3) is 0 Å². The van der Waals surface area contributed by atoms with E-state index < -0.39 is 0 Å². The van der Waals surface area contributed by atoms with E-state index in [0.29, 0.717) is 0 Å². The quantitative estimate of drug-likeness (QED) is 0.589. The third-order valence-electron chi connectivity index (χ3n) is 1.74. The van der Waals surface area contributed by atoms with Gasteiger partial charge in [0.2, 0.25) is 0 Å². The molecule has 0 aromatic rings. The first-order valence-electron chi connectivity index (χ1n) is 5.05. The van der Waals surface area contributed by atoms with Gasteiger partial charge in [0.05, 0.1) is 0 Å². The molecular weight excluding hydrogens is 166 g/mol. The minimum Gasteiger partial charge on any atom is -0.317 e. The Balaban J connectivity index is 2.82. The fourth-order valence-corrected chi connectivity index (χ4v) is 1.60. The minimum atomic E-state index is 0.836. The highest BCUT2D eigenvalue weighted by molar-refractivity contribution is 7.99. The molecule has 0 aliphatic heterocycles. The van der Waals surface area contributed by atoms with Crippen LogP contribution in [0.1, 0.15) is 33.6 Å². The highest BCUT2D eigenvalue weighted by atomic mass is 32.2. The van der Waals surface area contributed by atoms with Crippen LogP contribution in [0.3, 0.4) is 0 Å². The smallest absolute Gasteiger partial charge is 0.00411 e. The Kier molecular flexibility index (Phi) is 9.64. The molecule has 0 rings (SSSR count). The van der Waals surface area contributed by atoms with Gasteiger partial charge in [0.15, 0.2) is 0 Å². The molecule has 0 radical (unpaired) electrons. The van der Waals surface area contributed by atoms with Crippen LogP contribution < -0.4 is 5.32 Å². The highest BCUT2D eigenvalue weighted by Gasteiger charge is 1.92. The highest BCUT2D eigenvalue weighted by Crippen LogP contribution is 2.00. The molecule has 0 heterocycles. The van der Waals surface area contributed by atoms with Crippen molar-refractivity contribution in [3.05, 3.63) is 0 Å². The molecule has 2 heteroatoms. The molecule has 0 aliphatic carbocycles. The van der Waals surface area contributed by atoms with Crippen molar-refractivity contribution in [3.8, 4) is 0 Å². The van der Waals surface area contributed by atoms with Crippen LogP contribution in [0.4, 0.5) is 0 Å². The second-order valence-electron chi connectivity index (χ2n) is 3.48. The van der Waals surface area contributed by atoms with Gasteiger partial charge in [-0.15, -0.1) is 0 Å². The molecule has 0 atom stereocenters. The van der Waals surface area contributed by atoms with Gasteiger partial charge in [-0.1, -0.05) is 20.8 Å². The first-order valence-corrected chi connectivity index (χ1v) is 6.21. The van der Waals surface area contributed by atoms with Gasteiger partial charge in [-0.3, -0.25) is 0 Å². The maximum absolute atomic E-state index is 3.46. The lowest BCUT2D eigenvalue weighted by molar-refractivity contribution is 0.537. The maximum atomic E-state index is 3.46. The van der Waals surface area contributed by atoms with E-state index in [2.05, 4.69) is 26.1 Å². The van der Waals surface area contributed by atoms with Crippen LogP contribution in [0.5, 0.6) is 0 Å². The first-order chi connectivity index (χ1) is 5.77. The average Bonchev–Trinajstić information content (AvgIpc) is 2.02. The van der Waals surface area contributed by atoms with Crippen molar-refractivity contribution in [2.75, 3.05) is 24.6 Å². The van der Waals surface area contributed by atoms with Crippen molar-refractivity contribution in [3.63, 3.8) is 0 Å². The third-order valence-corrected chi connectivity index (χ3v) is 2.73. The van der Waals surface area contributed by atoms with E-state index in [9.17, 15) is 0 Å². The normalized spacial score (nSPS) is 11.0. The summed E-state index contributed by atoms with van der Waals surface area (Å²) in [5, 5.41) is 3.46. The van der Waals surface area contributed by atoms with Gasteiger partial charge in [-0.2, -0.15) is 11.8 Å². The summed E-state index contributed by atoms with van der Waals surface area (Å²) < 4.78 is 0. The van der Waals surface area contributed by atoms with Crippen molar-refractivity contribution < 1.29 is 0 Å². The average molecular weight is 189 g/mol. The zero-order chi connectivity index (χ0) is 9.23. The van der Waals surface area contributed by atoms with Crippen molar-refractivity contribution in [2.24, 2.45) is 5.92 Å². The van der Waals surface area contributed by atoms with Gasteiger partial charge in [-0.05, 0) is 43.4 Å². The lowest BCUT2D eigenvalue weighted by atomic mass is 10.1. The maximum Gasteiger partial charge on any atom is -0.00411 e. The SMILES string of the molecule is CCSCCCNCCC(C)C. The van der Waals surface area contributed by atoms with Crippen LogP contribution in [0, 0.1) is 5.92 Å². The second kappa shape index (κ2) is 9.40. The Morgan fingerprint density at radius 2 is 2.00 bits per heavy atom. The molecule has 0 aromatic heterocycles. The Morgan fingerprint density at radius 3 is 2.58 bits per heavy atom. The van der Waals surface area contributed by atoms with E-state index in [4.69, 9.17) is 0 Å². The largest absolute Gasteiger partial charge is 0.317 e. The van der Waals surface area contributed by atoms with E-state index in [1.54, 1.807) is 0 Å². The molecule has 0 unspecified atom stereocenters. The topological polar surface area (TPSA) is 12.0 Å². The predicted molar refractivity (Wildman–Crippen MR) is 59.9 cm³/mol. The van der Waals surface area contributed by atoms with Crippen molar-refractivity contribution in [2.45, 2.75) is 33.6 Å². The lowest BCUT2D eigenvalue weighted by Gasteiger charge is -2.06. The third kappa shape index (κ3) is 10.3. The summed E-state index contributed by atoms with van der Waals surface area (Å²) in [5.74, 6) is 3.40. The number of hydrogen-bond acceptors (Lipinski definition) is 2. The molecule has 12 heavy (non-hydrogen) atoms. The zero-order valence-electron chi connectivity index (χ0n) is 8.73. The molecule has 0 aliphatic rings. The van der Waals surface area contributed by atoms with E-state index in [1.165, 1.54) is 37.4 Å². The Bertz CT molecular complexity index is 83.9. The zero-order valence-corrected chi connectivity index (χ0v) is 9.54. The fraction of sp³-hybridized carbons (Fsp3) is 1.00. The molecule has 1 N–H and O–H groups in total. The van der Waals surface area contributed by atoms with E-state index in [1.807, 2.05) is 11.8 Å². The van der Waals surface area contributed by atoms with E-state index >= 15 is 0 Å². The second-order valence-corrected chi connectivity index (χ2v) is 4.88. The summed E-state index contributed by atoms with van der Waals surface area (Å²) in [6, 6.07) is 0. The Morgan fingerprint density at radius 1 is 1.25 bits per heavy atom. The van der Waals surface area contributed by atoms with Gasteiger partial charge in [0.1, 0.15) is 0 Å². The standard InChI is InChI=1S/C10H23NS/c1-4-12-9-5-7-11-8-6-10(2)3/h10-11H,4-9H2,1-3H3. The molecule has 0 fully saturated rings. The van der Waals surface area contributed by atoms with Crippen molar-refractivity contribution >= 4 is 11.8 Å². The van der Waals surface area contributed by atoms with E-state index in [0.717, 1.165) is 5.92 Å².